The highest BCUT2D eigenvalue weighted by Gasteiger charge is 2.20. The summed E-state index contributed by atoms with van der Waals surface area (Å²) in [6.45, 7) is 4.12. The number of likely N-dealkylation sites (N-methyl/N-ethyl adjacent to an activating group) is 1. The molecule has 31 heavy (non-hydrogen) atoms. The van der Waals surface area contributed by atoms with Gasteiger partial charge in [0, 0.05) is 49.5 Å². The maximum atomic E-state index is 4.98. The first kappa shape index (κ1) is 18.0. The average molecular weight is 410 g/mol. The molecule has 0 saturated carbocycles. The summed E-state index contributed by atoms with van der Waals surface area (Å²) in [4.78, 5) is 22.0. The van der Waals surface area contributed by atoms with Crippen LogP contribution in [0.2, 0.25) is 0 Å². The van der Waals surface area contributed by atoms with Gasteiger partial charge in [-0.05, 0) is 37.4 Å². The van der Waals surface area contributed by atoms with Crippen molar-refractivity contribution in [2.24, 2.45) is 0 Å². The molecular weight excluding hydrogens is 388 g/mol. The number of nitrogens with zero attached hydrogens (tertiary/aromatic N) is 6. The fourth-order valence-corrected chi connectivity index (χ4v) is 4.20. The van der Waals surface area contributed by atoms with Crippen LogP contribution in [-0.2, 0) is 0 Å². The molecule has 8 nitrogen and oxygen atoms in total. The zero-order chi connectivity index (χ0) is 20.8. The number of pyridine rings is 2. The third kappa shape index (κ3) is 3.12. The third-order valence-corrected chi connectivity index (χ3v) is 5.96. The summed E-state index contributed by atoms with van der Waals surface area (Å²) in [5, 5.41) is 8.62. The second-order valence-electron chi connectivity index (χ2n) is 7.98. The van der Waals surface area contributed by atoms with Gasteiger partial charge in [0.25, 0.3) is 0 Å². The molecule has 0 atom stereocenters. The summed E-state index contributed by atoms with van der Waals surface area (Å²) in [6, 6.07) is 12.3. The number of anilines is 1. The Balaban J connectivity index is 1.44. The second kappa shape index (κ2) is 7.17. The Morgan fingerprint density at radius 1 is 0.968 bits per heavy atom. The van der Waals surface area contributed by atoms with E-state index in [2.05, 4.69) is 60.2 Å². The molecule has 0 radical (unpaired) electrons. The average Bonchev–Trinajstić information content (AvgIpc) is 3.43. The zero-order valence-electron chi connectivity index (χ0n) is 17.2. The third-order valence-electron chi connectivity index (χ3n) is 5.96. The summed E-state index contributed by atoms with van der Waals surface area (Å²) >= 11 is 0. The summed E-state index contributed by atoms with van der Waals surface area (Å²) in [5.41, 5.74) is 6.68. The molecule has 0 bridgehead atoms. The van der Waals surface area contributed by atoms with Gasteiger partial charge in [0.2, 0.25) is 0 Å². The number of aromatic amines is 2. The Labute approximate surface area is 179 Å². The number of hydrogen-bond acceptors (Lipinski definition) is 6. The van der Waals surface area contributed by atoms with Crippen LogP contribution in [0.1, 0.15) is 0 Å². The van der Waals surface area contributed by atoms with Crippen molar-refractivity contribution in [1.29, 1.82) is 0 Å². The summed E-state index contributed by atoms with van der Waals surface area (Å²) in [5.74, 6) is 0.756. The molecule has 0 unspecified atom stereocenters. The minimum atomic E-state index is 0.756. The van der Waals surface area contributed by atoms with E-state index in [1.165, 1.54) is 5.69 Å². The smallest absolute Gasteiger partial charge is 0.159 e. The number of piperazine rings is 1. The Kier molecular flexibility index (Phi) is 4.17. The number of benzene rings is 1. The van der Waals surface area contributed by atoms with Crippen molar-refractivity contribution in [3.63, 3.8) is 0 Å². The number of aromatic nitrogens is 6. The molecule has 1 aromatic carbocycles. The van der Waals surface area contributed by atoms with Gasteiger partial charge >= 0.3 is 0 Å². The molecule has 5 heterocycles. The van der Waals surface area contributed by atoms with Crippen LogP contribution in [-0.4, -0.2) is 68.3 Å². The minimum absolute atomic E-state index is 0.756. The normalized spacial score (nSPS) is 15.2. The molecule has 1 aliphatic heterocycles. The van der Waals surface area contributed by atoms with E-state index in [-0.39, 0.29) is 0 Å². The maximum Gasteiger partial charge on any atom is 0.159 e. The van der Waals surface area contributed by atoms with E-state index in [1.807, 2.05) is 30.6 Å². The molecule has 0 amide bonds. The summed E-state index contributed by atoms with van der Waals surface area (Å²) < 4.78 is 0. The van der Waals surface area contributed by atoms with Gasteiger partial charge in [-0.25, -0.2) is 4.98 Å². The fraction of sp³-hybridized carbons (Fsp3) is 0.217. The molecule has 1 saturated heterocycles. The lowest BCUT2D eigenvalue weighted by molar-refractivity contribution is 0.313. The predicted molar refractivity (Wildman–Crippen MR) is 122 cm³/mol. The molecule has 0 aliphatic carbocycles. The van der Waals surface area contributed by atoms with Crippen LogP contribution in [0.3, 0.4) is 0 Å². The number of imidazole rings is 1. The molecule has 154 valence electrons. The van der Waals surface area contributed by atoms with E-state index in [4.69, 9.17) is 4.98 Å². The molecular formula is C23H22N8. The molecule has 6 rings (SSSR count). The number of hydrogen-bond donors (Lipinski definition) is 2. The molecule has 4 aromatic heterocycles. The lowest BCUT2D eigenvalue weighted by Gasteiger charge is -2.34. The largest absolute Gasteiger partial charge is 0.367 e. The second-order valence-corrected chi connectivity index (χ2v) is 7.98. The highest BCUT2D eigenvalue weighted by molar-refractivity contribution is 5.96. The van der Waals surface area contributed by atoms with Gasteiger partial charge in [-0.1, -0.05) is 6.07 Å². The van der Waals surface area contributed by atoms with E-state index in [0.29, 0.717) is 0 Å². The van der Waals surface area contributed by atoms with Crippen molar-refractivity contribution in [3.8, 4) is 22.8 Å². The van der Waals surface area contributed by atoms with Gasteiger partial charge < -0.3 is 14.8 Å². The Morgan fingerprint density at radius 2 is 1.87 bits per heavy atom. The molecule has 8 heteroatoms. The molecule has 1 aliphatic rings. The maximum absolute atomic E-state index is 4.98. The lowest BCUT2D eigenvalue weighted by Crippen LogP contribution is -2.44. The van der Waals surface area contributed by atoms with Crippen molar-refractivity contribution in [3.05, 3.63) is 55.0 Å². The number of nitrogens with one attached hydrogen (secondary N) is 2. The van der Waals surface area contributed by atoms with Crippen molar-refractivity contribution in [2.75, 3.05) is 38.1 Å². The van der Waals surface area contributed by atoms with E-state index in [0.717, 1.165) is 70.9 Å². The van der Waals surface area contributed by atoms with Crippen LogP contribution in [0.4, 0.5) is 5.69 Å². The first-order chi connectivity index (χ1) is 15.3. The quantitative estimate of drug-likeness (QED) is 0.474. The predicted octanol–water partition coefficient (Wildman–Crippen LogP) is 3.32. The van der Waals surface area contributed by atoms with Gasteiger partial charge in [0.15, 0.2) is 5.82 Å². The minimum Gasteiger partial charge on any atom is -0.367 e. The van der Waals surface area contributed by atoms with Crippen LogP contribution in [0.15, 0.2) is 55.0 Å². The van der Waals surface area contributed by atoms with Crippen LogP contribution in [0, 0.1) is 0 Å². The van der Waals surface area contributed by atoms with E-state index in [1.54, 1.807) is 6.20 Å². The number of rotatable bonds is 3. The Bertz CT molecular complexity index is 1360. The standard InChI is InChI=1S/C23H22N8/c1-30-8-10-31(11-9-30)20-6-2-5-17-22(20)27-23(26-17)21-16-12-18(15-4-3-7-24-13-15)25-14-19(16)28-29-21/h2-7,12-14H,8-11H2,1H3,(H,26,27)(H,28,29). The summed E-state index contributed by atoms with van der Waals surface area (Å²) in [7, 11) is 2.17. The summed E-state index contributed by atoms with van der Waals surface area (Å²) in [6.07, 6.45) is 5.39. The first-order valence-corrected chi connectivity index (χ1v) is 10.4. The van der Waals surface area contributed by atoms with Crippen molar-refractivity contribution >= 4 is 27.6 Å². The Hall–Kier alpha value is -3.78. The van der Waals surface area contributed by atoms with Gasteiger partial charge in [0.1, 0.15) is 11.2 Å². The number of para-hydroxylation sites is 1. The highest BCUT2D eigenvalue weighted by Crippen LogP contribution is 2.32. The van der Waals surface area contributed by atoms with Crippen LogP contribution < -0.4 is 4.90 Å². The van der Waals surface area contributed by atoms with Gasteiger partial charge in [-0.15, -0.1) is 0 Å². The van der Waals surface area contributed by atoms with E-state index >= 15 is 0 Å². The van der Waals surface area contributed by atoms with Crippen molar-refractivity contribution < 1.29 is 0 Å². The zero-order valence-corrected chi connectivity index (χ0v) is 17.2. The number of H-pyrrole nitrogens is 2. The SMILES string of the molecule is CN1CCN(c2cccc3[nH]c(-c4n[nH]c5cnc(-c6cccnc6)cc45)nc23)CC1. The van der Waals surface area contributed by atoms with Crippen LogP contribution in [0.5, 0.6) is 0 Å². The van der Waals surface area contributed by atoms with Crippen LogP contribution >= 0.6 is 0 Å². The van der Waals surface area contributed by atoms with Gasteiger partial charge in [0.05, 0.1) is 28.6 Å². The fourth-order valence-electron chi connectivity index (χ4n) is 4.20. The molecule has 1 fully saturated rings. The topological polar surface area (TPSA) is 89.6 Å². The first-order valence-electron chi connectivity index (χ1n) is 10.4. The monoisotopic (exact) mass is 410 g/mol. The van der Waals surface area contributed by atoms with Gasteiger partial charge in [-0.3, -0.25) is 15.1 Å². The molecule has 0 spiro atoms. The van der Waals surface area contributed by atoms with Crippen LogP contribution in [0.25, 0.3) is 44.7 Å². The Morgan fingerprint density at radius 3 is 2.71 bits per heavy atom. The van der Waals surface area contributed by atoms with E-state index in [9.17, 15) is 0 Å². The molecule has 5 aromatic rings. The molecule has 2 N–H and O–H groups in total. The van der Waals surface area contributed by atoms with Crippen molar-refractivity contribution in [2.45, 2.75) is 0 Å². The van der Waals surface area contributed by atoms with Gasteiger partial charge in [-0.2, -0.15) is 5.10 Å². The van der Waals surface area contributed by atoms with Crippen molar-refractivity contribution in [1.82, 2.24) is 35.0 Å². The van der Waals surface area contributed by atoms with E-state index < -0.39 is 0 Å². The lowest BCUT2D eigenvalue weighted by atomic mass is 10.1. The number of fused-ring (bicyclic) bond motifs is 2. The highest BCUT2D eigenvalue weighted by atomic mass is 15.3.